The van der Waals surface area contributed by atoms with Crippen LogP contribution in [0.3, 0.4) is 0 Å². The Morgan fingerprint density at radius 2 is 0.810 bits per heavy atom. The summed E-state index contributed by atoms with van der Waals surface area (Å²) >= 11 is 0. The van der Waals surface area contributed by atoms with Gasteiger partial charge >= 0.3 is 5.97 Å². The van der Waals surface area contributed by atoms with Crippen LogP contribution in [0, 0.1) is 17.8 Å². The van der Waals surface area contributed by atoms with E-state index in [4.69, 9.17) is 4.74 Å². The van der Waals surface area contributed by atoms with Gasteiger partial charge in [-0.1, -0.05) is 112 Å². The molecule has 0 saturated carbocycles. The van der Waals surface area contributed by atoms with Gasteiger partial charge in [0.05, 0.1) is 0 Å². The number of esters is 1. The average molecular weight is 791 g/mol. The lowest BCUT2D eigenvalue weighted by Crippen LogP contribution is -2.14. The zero-order chi connectivity index (χ0) is 41.7. The fourth-order valence-electron chi connectivity index (χ4n) is 7.02. The summed E-state index contributed by atoms with van der Waals surface area (Å²) in [4.78, 5) is 52.8. The number of anilines is 6. The highest BCUT2D eigenvalue weighted by Crippen LogP contribution is 2.26. The predicted octanol–water partition coefficient (Wildman–Crippen LogP) is 13.2. The van der Waals surface area contributed by atoms with Crippen LogP contribution < -0.4 is 20.7 Å². The second kappa shape index (κ2) is 24.6. The van der Waals surface area contributed by atoms with Crippen LogP contribution in [-0.4, -0.2) is 32.5 Å². The van der Waals surface area contributed by atoms with E-state index in [0.717, 1.165) is 88.4 Å². The third-order valence-electron chi connectivity index (χ3n) is 10.9. The minimum absolute atomic E-state index is 0.153. The molecule has 58 heavy (non-hydrogen) atoms. The maximum absolute atomic E-state index is 13.1. The molecule has 3 aromatic carbocycles. The number of benzene rings is 3. The Kier molecular flexibility index (Phi) is 19.3. The molecule has 3 N–H and O–H groups in total. The third-order valence-corrected chi connectivity index (χ3v) is 10.9. The molecule has 0 fully saturated rings. The van der Waals surface area contributed by atoms with Crippen molar-refractivity contribution in [3.63, 3.8) is 0 Å². The van der Waals surface area contributed by atoms with Crippen molar-refractivity contribution in [1.82, 2.24) is 15.0 Å². The molecule has 0 radical (unpaired) electrons. The van der Waals surface area contributed by atoms with Crippen LogP contribution in [0.1, 0.15) is 159 Å². The SMILES string of the molecule is CCCCC(CC)CC(=O)Oc1ccc(Nc2nc(Nc3ccc(C(=O)CC(CC)CCCC)cc3)nc(Nc3ccc(C(=O)CC(CC)CCCC)cc3)n2)cc1. The van der Waals surface area contributed by atoms with Gasteiger partial charge in [0.15, 0.2) is 11.6 Å². The smallest absolute Gasteiger partial charge is 0.311 e. The lowest BCUT2D eigenvalue weighted by Gasteiger charge is -2.14. The Morgan fingerprint density at radius 1 is 0.483 bits per heavy atom. The molecule has 3 atom stereocenters. The number of rotatable bonds is 27. The normalized spacial score (nSPS) is 12.7. The van der Waals surface area contributed by atoms with Gasteiger partial charge in [0.2, 0.25) is 17.8 Å². The summed E-state index contributed by atoms with van der Waals surface area (Å²) in [7, 11) is 0. The number of nitrogens with zero attached hydrogens (tertiary/aromatic N) is 3. The first-order valence-electron chi connectivity index (χ1n) is 21.8. The first-order chi connectivity index (χ1) is 28.2. The van der Waals surface area contributed by atoms with Crippen molar-refractivity contribution >= 4 is 52.4 Å². The minimum Gasteiger partial charge on any atom is -0.427 e. The summed E-state index contributed by atoms with van der Waals surface area (Å²) in [5.74, 6) is 2.52. The highest BCUT2D eigenvalue weighted by Gasteiger charge is 2.17. The molecule has 1 heterocycles. The van der Waals surface area contributed by atoms with E-state index in [1.807, 2.05) is 60.7 Å². The molecule has 4 rings (SSSR count). The number of unbranched alkanes of at least 4 members (excludes halogenated alkanes) is 3. The van der Waals surface area contributed by atoms with Gasteiger partial charge in [-0.15, -0.1) is 0 Å². The second-order valence-corrected chi connectivity index (χ2v) is 15.5. The fraction of sp³-hybridized carbons (Fsp3) is 0.500. The van der Waals surface area contributed by atoms with Gasteiger partial charge in [0, 0.05) is 47.5 Å². The van der Waals surface area contributed by atoms with Crippen molar-refractivity contribution < 1.29 is 19.1 Å². The highest BCUT2D eigenvalue weighted by molar-refractivity contribution is 5.97. The Labute approximate surface area is 346 Å². The first kappa shape index (κ1) is 45.6. The average Bonchev–Trinajstić information content (AvgIpc) is 3.23. The van der Waals surface area contributed by atoms with Crippen LogP contribution >= 0.6 is 0 Å². The van der Waals surface area contributed by atoms with Gasteiger partial charge in [0.25, 0.3) is 0 Å². The fourth-order valence-corrected chi connectivity index (χ4v) is 7.02. The molecule has 0 aliphatic rings. The Hall–Kier alpha value is -5.12. The number of nitrogens with one attached hydrogen (secondary N) is 3. The maximum Gasteiger partial charge on any atom is 0.311 e. The standard InChI is InChI=1S/C48H66N6O4/c1-7-13-16-34(10-4)31-43(55)37-19-23-39(24-20-37)49-46-52-47(50-40-25-21-38(22-26-40)44(56)32-35(11-5)17-14-8-2)54-48(53-46)51-41-27-29-42(30-28-41)58-45(57)33-36(12-6)18-15-9-3/h19-30,34-36H,7-18,31-33H2,1-6H3,(H3,49,50,51,52,53,54). The summed E-state index contributed by atoms with van der Waals surface area (Å²) in [5.41, 5.74) is 3.50. The summed E-state index contributed by atoms with van der Waals surface area (Å²) in [6, 6.07) is 21.9. The summed E-state index contributed by atoms with van der Waals surface area (Å²) < 4.78 is 5.66. The quantitative estimate of drug-likeness (QED) is 0.0304. The number of carbonyl (C=O) groups is 3. The monoisotopic (exact) mass is 791 g/mol. The maximum atomic E-state index is 13.1. The molecule has 1 aromatic heterocycles. The molecular formula is C48H66N6O4. The van der Waals surface area contributed by atoms with Crippen molar-refractivity contribution in [2.75, 3.05) is 16.0 Å². The zero-order valence-electron chi connectivity index (χ0n) is 35.7. The Balaban J connectivity index is 1.51. The molecule has 10 nitrogen and oxygen atoms in total. The van der Waals surface area contributed by atoms with Crippen molar-refractivity contribution in [2.45, 2.75) is 138 Å². The van der Waals surface area contributed by atoms with E-state index in [2.05, 4.69) is 72.4 Å². The predicted molar refractivity (Wildman–Crippen MR) is 237 cm³/mol. The molecule has 0 aliphatic carbocycles. The number of hydrogen-bond donors (Lipinski definition) is 3. The topological polar surface area (TPSA) is 135 Å². The number of hydrogen-bond acceptors (Lipinski definition) is 10. The molecule has 3 unspecified atom stereocenters. The van der Waals surface area contributed by atoms with E-state index in [9.17, 15) is 14.4 Å². The molecule has 0 bridgehead atoms. The van der Waals surface area contributed by atoms with Crippen molar-refractivity contribution in [1.29, 1.82) is 0 Å². The zero-order valence-corrected chi connectivity index (χ0v) is 35.7. The van der Waals surface area contributed by atoms with E-state index in [1.54, 1.807) is 12.1 Å². The van der Waals surface area contributed by atoms with Crippen molar-refractivity contribution in [2.24, 2.45) is 17.8 Å². The lowest BCUT2D eigenvalue weighted by molar-refractivity contribution is -0.135. The van der Waals surface area contributed by atoms with E-state index in [0.29, 0.717) is 59.6 Å². The summed E-state index contributed by atoms with van der Waals surface area (Å²) in [6.07, 6.45) is 14.4. The van der Waals surface area contributed by atoms with Crippen LogP contribution in [0.25, 0.3) is 0 Å². The Morgan fingerprint density at radius 3 is 1.14 bits per heavy atom. The van der Waals surface area contributed by atoms with Gasteiger partial charge in [-0.25, -0.2) is 0 Å². The third kappa shape index (κ3) is 15.3. The van der Waals surface area contributed by atoms with Crippen LogP contribution in [0.4, 0.5) is 34.9 Å². The van der Waals surface area contributed by atoms with Gasteiger partial charge in [-0.2, -0.15) is 15.0 Å². The van der Waals surface area contributed by atoms with Crippen LogP contribution in [0.2, 0.25) is 0 Å². The number of aromatic nitrogens is 3. The largest absolute Gasteiger partial charge is 0.427 e. The summed E-state index contributed by atoms with van der Waals surface area (Å²) in [5, 5.41) is 9.80. The van der Waals surface area contributed by atoms with E-state index in [-0.39, 0.29) is 35.4 Å². The molecule has 10 heteroatoms. The van der Waals surface area contributed by atoms with E-state index < -0.39 is 0 Å². The molecule has 4 aromatic rings. The molecule has 0 aliphatic heterocycles. The van der Waals surface area contributed by atoms with Gasteiger partial charge in [-0.05, 0) is 97.0 Å². The number of ketones is 2. The summed E-state index contributed by atoms with van der Waals surface area (Å²) in [6.45, 7) is 12.9. The molecule has 0 saturated heterocycles. The van der Waals surface area contributed by atoms with Crippen molar-refractivity contribution in [3.05, 3.63) is 83.9 Å². The van der Waals surface area contributed by atoms with Crippen LogP contribution in [0.15, 0.2) is 72.8 Å². The molecule has 0 amide bonds. The Bertz CT molecular complexity index is 1750. The molecule has 312 valence electrons. The lowest BCUT2D eigenvalue weighted by atomic mass is 9.91. The van der Waals surface area contributed by atoms with Gasteiger partial charge in [-0.3, -0.25) is 14.4 Å². The van der Waals surface area contributed by atoms with Gasteiger partial charge < -0.3 is 20.7 Å². The molecule has 0 spiro atoms. The first-order valence-corrected chi connectivity index (χ1v) is 21.8. The second-order valence-electron chi connectivity index (χ2n) is 15.5. The van der Waals surface area contributed by atoms with E-state index >= 15 is 0 Å². The number of Topliss-reactive ketones (excluding diaryl/α,β-unsaturated/α-hetero) is 2. The van der Waals surface area contributed by atoms with Crippen LogP contribution in [-0.2, 0) is 4.79 Å². The number of carbonyl (C=O) groups excluding carboxylic acids is 3. The van der Waals surface area contributed by atoms with Crippen molar-refractivity contribution in [3.8, 4) is 5.75 Å². The van der Waals surface area contributed by atoms with Gasteiger partial charge in [0.1, 0.15) is 5.75 Å². The highest BCUT2D eigenvalue weighted by atomic mass is 16.5. The number of ether oxygens (including phenoxy) is 1. The minimum atomic E-state index is -0.225. The van der Waals surface area contributed by atoms with E-state index in [1.165, 1.54) is 0 Å². The molecular weight excluding hydrogens is 725 g/mol. The van der Waals surface area contributed by atoms with Crippen LogP contribution in [0.5, 0.6) is 5.75 Å².